The second-order valence-electron chi connectivity index (χ2n) is 3.68. The van der Waals surface area contributed by atoms with Crippen molar-refractivity contribution in [3.8, 4) is 0 Å². The zero-order valence-electron chi connectivity index (χ0n) is 9.73. The fourth-order valence-corrected chi connectivity index (χ4v) is 1.69. The number of H-pyrrole nitrogens is 2. The maximum Gasteiger partial charge on any atom is 0.260 e. The quantitative estimate of drug-likeness (QED) is 0.450. The van der Waals surface area contributed by atoms with Gasteiger partial charge in [0.05, 0.1) is 17.5 Å². The molecule has 0 bridgehead atoms. The van der Waals surface area contributed by atoms with Crippen LogP contribution in [0.2, 0.25) is 0 Å². The molecule has 2 aromatic rings. The van der Waals surface area contributed by atoms with Crippen molar-refractivity contribution in [2.75, 3.05) is 5.43 Å². The third-order valence-electron chi connectivity index (χ3n) is 2.34. The molecule has 1 aromatic carbocycles. The summed E-state index contributed by atoms with van der Waals surface area (Å²) in [7, 11) is 0. The van der Waals surface area contributed by atoms with Crippen LogP contribution in [0.15, 0.2) is 40.2 Å². The largest absolute Gasteiger partial charge is 0.335 e. The van der Waals surface area contributed by atoms with Crippen molar-refractivity contribution >= 4 is 24.1 Å². The predicted octanol–water partition coefficient (Wildman–Crippen LogP) is 2.19. The van der Waals surface area contributed by atoms with Crippen molar-refractivity contribution in [2.24, 2.45) is 5.10 Å². The van der Waals surface area contributed by atoms with E-state index in [0.717, 1.165) is 5.69 Å². The van der Waals surface area contributed by atoms with Gasteiger partial charge in [0.1, 0.15) is 0 Å². The van der Waals surface area contributed by atoms with Gasteiger partial charge in [-0.1, -0.05) is 18.2 Å². The molecule has 0 amide bonds. The first kappa shape index (κ1) is 12.3. The second kappa shape index (κ2) is 5.42. The highest BCUT2D eigenvalue weighted by atomic mass is 32.1. The fourth-order valence-electron chi connectivity index (χ4n) is 1.45. The zero-order valence-corrected chi connectivity index (χ0v) is 10.5. The third-order valence-corrected chi connectivity index (χ3v) is 2.54. The summed E-state index contributed by atoms with van der Waals surface area (Å²) in [5.41, 5.74) is 4.57. The van der Waals surface area contributed by atoms with E-state index in [4.69, 9.17) is 12.2 Å². The van der Waals surface area contributed by atoms with Gasteiger partial charge in [-0.15, -0.1) is 0 Å². The number of aryl methyl sites for hydroxylation is 1. The molecule has 0 spiro atoms. The van der Waals surface area contributed by atoms with Gasteiger partial charge >= 0.3 is 0 Å². The van der Waals surface area contributed by atoms with Crippen LogP contribution in [0.25, 0.3) is 0 Å². The van der Waals surface area contributed by atoms with Gasteiger partial charge in [0.15, 0.2) is 4.77 Å². The number of anilines is 1. The topological polar surface area (TPSA) is 73.0 Å². The van der Waals surface area contributed by atoms with Gasteiger partial charge in [-0.2, -0.15) is 5.10 Å². The van der Waals surface area contributed by atoms with E-state index in [2.05, 4.69) is 20.5 Å². The molecule has 0 fully saturated rings. The molecule has 0 saturated carbocycles. The normalized spacial score (nSPS) is 10.7. The number of benzene rings is 1. The van der Waals surface area contributed by atoms with Crippen molar-refractivity contribution in [1.82, 2.24) is 9.97 Å². The molecule has 0 aliphatic carbocycles. The average Bonchev–Trinajstić information content (AvgIpc) is 2.34. The summed E-state index contributed by atoms with van der Waals surface area (Å²) in [4.78, 5) is 17.0. The number of nitrogens with zero attached hydrogens (tertiary/aromatic N) is 1. The van der Waals surface area contributed by atoms with Crippen LogP contribution < -0.4 is 11.0 Å². The van der Waals surface area contributed by atoms with Gasteiger partial charge in [0.2, 0.25) is 0 Å². The van der Waals surface area contributed by atoms with Crippen LogP contribution in [0, 0.1) is 11.7 Å². The molecule has 0 radical (unpaired) electrons. The Bertz CT molecular complexity index is 672. The molecule has 0 atom stereocenters. The van der Waals surface area contributed by atoms with Crippen molar-refractivity contribution in [3.63, 3.8) is 0 Å². The minimum absolute atomic E-state index is 0.255. The highest BCUT2D eigenvalue weighted by Gasteiger charge is 2.00. The Morgan fingerprint density at radius 3 is 2.67 bits per heavy atom. The molecule has 18 heavy (non-hydrogen) atoms. The smallest absolute Gasteiger partial charge is 0.260 e. The summed E-state index contributed by atoms with van der Waals surface area (Å²) in [6.45, 7) is 1.77. The maximum atomic E-state index is 11.6. The summed E-state index contributed by atoms with van der Waals surface area (Å²) in [6.07, 6.45) is 1.46. The molecule has 2 rings (SSSR count). The summed E-state index contributed by atoms with van der Waals surface area (Å²) in [5, 5.41) is 4.01. The summed E-state index contributed by atoms with van der Waals surface area (Å²) >= 11 is 4.86. The van der Waals surface area contributed by atoms with E-state index in [-0.39, 0.29) is 5.56 Å². The van der Waals surface area contributed by atoms with E-state index in [1.807, 2.05) is 30.3 Å². The van der Waals surface area contributed by atoms with E-state index in [9.17, 15) is 4.79 Å². The van der Waals surface area contributed by atoms with E-state index < -0.39 is 0 Å². The maximum absolute atomic E-state index is 11.6. The number of rotatable bonds is 3. The molecule has 0 aliphatic rings. The molecule has 3 N–H and O–H groups in total. The molecule has 0 unspecified atom stereocenters. The first-order valence-electron chi connectivity index (χ1n) is 5.34. The molecule has 0 aliphatic heterocycles. The van der Waals surface area contributed by atoms with Gasteiger partial charge in [0.25, 0.3) is 5.56 Å². The molecule has 92 valence electrons. The minimum atomic E-state index is -0.255. The van der Waals surface area contributed by atoms with Gasteiger partial charge in [-0.05, 0) is 31.3 Å². The van der Waals surface area contributed by atoms with Crippen LogP contribution in [-0.4, -0.2) is 16.2 Å². The van der Waals surface area contributed by atoms with Gasteiger partial charge in [-0.25, -0.2) is 0 Å². The van der Waals surface area contributed by atoms with Gasteiger partial charge in [-0.3, -0.25) is 15.2 Å². The van der Waals surface area contributed by atoms with Gasteiger partial charge in [0, 0.05) is 5.69 Å². The van der Waals surface area contributed by atoms with Crippen LogP contribution in [0.3, 0.4) is 0 Å². The molecule has 5 nitrogen and oxygen atoms in total. The molecule has 1 aromatic heterocycles. The van der Waals surface area contributed by atoms with E-state index in [0.29, 0.717) is 16.0 Å². The second-order valence-corrected chi connectivity index (χ2v) is 4.09. The molecule has 1 heterocycles. The number of nitrogens with one attached hydrogen (secondary N) is 3. The van der Waals surface area contributed by atoms with Crippen molar-refractivity contribution in [2.45, 2.75) is 6.92 Å². The Hall–Kier alpha value is -2.21. The Morgan fingerprint density at radius 1 is 1.28 bits per heavy atom. The summed E-state index contributed by atoms with van der Waals surface area (Å²) in [6, 6.07) is 9.48. The van der Waals surface area contributed by atoms with Crippen molar-refractivity contribution in [1.29, 1.82) is 0 Å². The fraction of sp³-hybridized carbons (Fsp3) is 0.0833. The van der Waals surface area contributed by atoms with Crippen LogP contribution in [0.1, 0.15) is 11.3 Å². The van der Waals surface area contributed by atoms with Crippen LogP contribution in [-0.2, 0) is 0 Å². The lowest BCUT2D eigenvalue weighted by Crippen LogP contribution is -2.16. The Morgan fingerprint density at radius 2 is 2.00 bits per heavy atom. The van der Waals surface area contributed by atoms with Crippen LogP contribution >= 0.6 is 12.2 Å². The average molecular weight is 260 g/mol. The SMILES string of the molecule is Cc1[nH]c(=S)[nH]c(=O)c1C=NNc1ccccc1. The molecule has 0 saturated heterocycles. The van der Waals surface area contributed by atoms with Gasteiger partial charge < -0.3 is 4.98 Å². The lowest BCUT2D eigenvalue weighted by Gasteiger charge is -2.00. The monoisotopic (exact) mass is 260 g/mol. The number of hydrogen-bond acceptors (Lipinski definition) is 4. The summed E-state index contributed by atoms with van der Waals surface area (Å²) < 4.78 is 0.311. The number of aromatic amines is 2. The lowest BCUT2D eigenvalue weighted by molar-refractivity contribution is 1.03. The first-order chi connectivity index (χ1) is 8.66. The number of hydrazone groups is 1. The highest BCUT2D eigenvalue weighted by molar-refractivity contribution is 7.71. The van der Waals surface area contributed by atoms with E-state index in [1.54, 1.807) is 6.92 Å². The Kier molecular flexibility index (Phi) is 3.69. The van der Waals surface area contributed by atoms with Crippen molar-refractivity contribution in [3.05, 3.63) is 56.7 Å². The zero-order chi connectivity index (χ0) is 13.0. The Labute approximate surface area is 109 Å². The third kappa shape index (κ3) is 2.92. The van der Waals surface area contributed by atoms with E-state index >= 15 is 0 Å². The van der Waals surface area contributed by atoms with E-state index in [1.165, 1.54) is 6.21 Å². The lowest BCUT2D eigenvalue weighted by atomic mass is 10.2. The van der Waals surface area contributed by atoms with Crippen molar-refractivity contribution < 1.29 is 0 Å². The number of hydrogen-bond donors (Lipinski definition) is 3. The number of para-hydroxylation sites is 1. The summed E-state index contributed by atoms with van der Waals surface area (Å²) in [5.74, 6) is 0. The molecular formula is C12H12N4OS. The predicted molar refractivity (Wildman–Crippen MR) is 74.6 cm³/mol. The highest BCUT2D eigenvalue weighted by Crippen LogP contribution is 2.04. The van der Waals surface area contributed by atoms with Crippen LogP contribution in [0.4, 0.5) is 5.69 Å². The molecular weight excluding hydrogens is 248 g/mol. The first-order valence-corrected chi connectivity index (χ1v) is 5.75. The minimum Gasteiger partial charge on any atom is -0.335 e. The molecule has 6 heteroatoms. The van der Waals surface area contributed by atoms with Crippen LogP contribution in [0.5, 0.6) is 0 Å². The number of aromatic nitrogens is 2. The standard InChI is InChI=1S/C12H12N4OS/c1-8-10(11(17)15-12(18)14-8)7-13-16-9-5-3-2-4-6-9/h2-7,16H,1H3,(H2,14,15,17,18). The Balaban J connectivity index is 2.20.